The zero-order valence-corrected chi connectivity index (χ0v) is 22.6. The van der Waals surface area contributed by atoms with Crippen LogP contribution < -0.4 is 5.32 Å². The number of fused-ring (bicyclic) bond motifs is 1. The lowest BCUT2D eigenvalue weighted by atomic mass is 9.79. The smallest absolute Gasteiger partial charge is 0.356 e. The molecule has 0 aromatic heterocycles. The van der Waals surface area contributed by atoms with Crippen LogP contribution in [0.1, 0.15) is 19.4 Å². The molecule has 1 fully saturated rings. The number of ether oxygens (including phenoxy) is 2. The number of hydrogen-bond acceptors (Lipinski definition) is 11. The minimum Gasteiger partial charge on any atom is -0.464 e. The van der Waals surface area contributed by atoms with Crippen LogP contribution in [0.3, 0.4) is 0 Å². The minimum absolute atomic E-state index is 0.00456. The molecular weight excluding hydrogens is 514 g/mol. The number of benzene rings is 1. The van der Waals surface area contributed by atoms with Crippen molar-refractivity contribution in [1.29, 1.82) is 0 Å². The van der Waals surface area contributed by atoms with Gasteiger partial charge in [-0.25, -0.2) is 9.79 Å². The number of nitrogens with zero attached hydrogens (tertiary/aromatic N) is 4. The van der Waals surface area contributed by atoms with Gasteiger partial charge in [0.15, 0.2) is 0 Å². The van der Waals surface area contributed by atoms with Gasteiger partial charge in [0, 0.05) is 41.3 Å². The molecule has 0 spiro atoms. The van der Waals surface area contributed by atoms with Gasteiger partial charge in [-0.1, -0.05) is 6.92 Å². The highest BCUT2D eigenvalue weighted by atomic mass is 32.2. The number of nitro benzene ring substituents is 1. The Morgan fingerprint density at radius 1 is 1.37 bits per heavy atom. The topological polar surface area (TPSA) is 147 Å². The molecule has 0 bridgehead atoms. The third-order valence-corrected chi connectivity index (χ3v) is 8.28. The predicted octanol–water partition coefficient (Wildman–Crippen LogP) is 1.35. The number of aliphatic hydroxyl groups excluding tert-OH is 1. The Balaban J connectivity index is 1.48. The number of aliphatic imine (C=N–C) groups is 1. The number of hydrogen-bond donors (Lipinski definition) is 2. The van der Waals surface area contributed by atoms with Crippen molar-refractivity contribution in [3.8, 4) is 0 Å². The lowest BCUT2D eigenvalue weighted by Crippen LogP contribution is -2.63. The molecule has 3 aliphatic rings. The number of carbonyl (C=O) groups is 2. The summed E-state index contributed by atoms with van der Waals surface area (Å²) in [6.07, 6.45) is -0.837. The number of esters is 1. The fourth-order valence-corrected chi connectivity index (χ4v) is 6.11. The molecule has 4 rings (SSSR count). The number of non-ortho nitro benzene ring substituents is 1. The average Bonchev–Trinajstić information content (AvgIpc) is 3.11. The van der Waals surface area contributed by atoms with Crippen LogP contribution in [0, 0.1) is 22.0 Å². The van der Waals surface area contributed by atoms with Crippen LogP contribution in [-0.2, 0) is 25.7 Å². The number of likely N-dealkylation sites (N-methyl/N-ethyl adjacent to an activating group) is 1. The zero-order valence-electron chi connectivity index (χ0n) is 21.8. The fourth-order valence-electron chi connectivity index (χ4n) is 4.79. The molecule has 1 saturated heterocycles. The summed E-state index contributed by atoms with van der Waals surface area (Å²) < 4.78 is 11.2. The van der Waals surface area contributed by atoms with E-state index in [0.717, 1.165) is 11.4 Å². The van der Waals surface area contributed by atoms with Gasteiger partial charge in [0.2, 0.25) is 5.91 Å². The number of amides is 1. The molecule has 3 heterocycles. The van der Waals surface area contributed by atoms with Gasteiger partial charge in [-0.15, -0.1) is 11.8 Å². The van der Waals surface area contributed by atoms with Gasteiger partial charge in [-0.2, -0.15) is 0 Å². The summed E-state index contributed by atoms with van der Waals surface area (Å²) in [5.74, 6) is -1.69. The van der Waals surface area contributed by atoms with E-state index >= 15 is 0 Å². The van der Waals surface area contributed by atoms with Crippen molar-refractivity contribution in [2.45, 2.75) is 37.9 Å². The van der Waals surface area contributed by atoms with E-state index in [9.17, 15) is 24.8 Å². The summed E-state index contributed by atoms with van der Waals surface area (Å²) in [5, 5.41) is 24.3. The second-order valence-electron chi connectivity index (χ2n) is 9.88. The molecule has 0 saturated carbocycles. The van der Waals surface area contributed by atoms with E-state index in [4.69, 9.17) is 9.47 Å². The maximum absolute atomic E-state index is 13.3. The van der Waals surface area contributed by atoms with Crippen LogP contribution in [0.4, 0.5) is 5.69 Å². The third kappa shape index (κ3) is 5.79. The van der Waals surface area contributed by atoms with E-state index in [2.05, 4.69) is 10.3 Å². The molecule has 2 N–H and O–H groups in total. The summed E-state index contributed by atoms with van der Waals surface area (Å²) in [6.45, 7) is 5.78. The highest BCUT2D eigenvalue weighted by Gasteiger charge is 2.60. The number of nitrogens with one attached hydrogen (secondary N) is 1. The maximum Gasteiger partial charge on any atom is 0.356 e. The SMILES string of the molecule is C[C@@H](O)[C@H]1C(=O)N2C(C(=O)OCc3ccc([N+](=O)[O-])cc3)=C(SC3CN=C(OCCN(C)C)NC3)[C@H](C)[C@H]12. The van der Waals surface area contributed by atoms with E-state index in [1.807, 2.05) is 25.9 Å². The van der Waals surface area contributed by atoms with Crippen LogP contribution in [0.5, 0.6) is 0 Å². The number of rotatable bonds is 10. The summed E-state index contributed by atoms with van der Waals surface area (Å²) in [6, 6.07) is 5.91. The summed E-state index contributed by atoms with van der Waals surface area (Å²) in [4.78, 5) is 45.3. The molecular formula is C25H33N5O7S. The highest BCUT2D eigenvalue weighted by Crippen LogP contribution is 2.51. The van der Waals surface area contributed by atoms with E-state index in [1.54, 1.807) is 6.92 Å². The Morgan fingerprint density at radius 2 is 2.08 bits per heavy atom. The first-order valence-corrected chi connectivity index (χ1v) is 13.3. The largest absolute Gasteiger partial charge is 0.464 e. The second kappa shape index (κ2) is 11.7. The van der Waals surface area contributed by atoms with Crippen molar-refractivity contribution in [2.75, 3.05) is 40.3 Å². The van der Waals surface area contributed by atoms with Crippen molar-refractivity contribution in [1.82, 2.24) is 15.1 Å². The first-order chi connectivity index (χ1) is 18.1. The molecule has 1 aromatic carbocycles. The number of nitro groups is 1. The summed E-state index contributed by atoms with van der Waals surface area (Å²) in [7, 11) is 3.93. The fraction of sp³-hybridized carbons (Fsp3) is 0.560. The van der Waals surface area contributed by atoms with Gasteiger partial charge in [-0.05, 0) is 38.7 Å². The molecule has 3 aliphatic heterocycles. The van der Waals surface area contributed by atoms with Crippen molar-refractivity contribution in [2.24, 2.45) is 16.8 Å². The highest BCUT2D eigenvalue weighted by molar-refractivity contribution is 8.03. The Bertz CT molecular complexity index is 1140. The molecule has 206 valence electrons. The maximum atomic E-state index is 13.3. The van der Waals surface area contributed by atoms with Crippen LogP contribution in [-0.4, -0.2) is 95.5 Å². The molecule has 0 aliphatic carbocycles. The number of aliphatic hydroxyl groups is 1. The molecule has 13 heteroatoms. The van der Waals surface area contributed by atoms with Crippen molar-refractivity contribution in [3.05, 3.63) is 50.5 Å². The molecule has 38 heavy (non-hydrogen) atoms. The lowest BCUT2D eigenvalue weighted by molar-refractivity contribution is -0.384. The number of carbonyl (C=O) groups excluding carboxylic acids is 2. The number of β-lactam (4-membered cyclic amide) rings is 1. The van der Waals surface area contributed by atoms with E-state index < -0.39 is 22.9 Å². The quantitative estimate of drug-likeness (QED) is 0.190. The van der Waals surface area contributed by atoms with Crippen molar-refractivity contribution < 1.29 is 29.1 Å². The number of amidine groups is 1. The molecule has 5 atom stereocenters. The van der Waals surface area contributed by atoms with Gasteiger partial charge < -0.3 is 29.7 Å². The third-order valence-electron chi connectivity index (χ3n) is 6.81. The minimum atomic E-state index is -0.837. The standard InChI is InChI=1S/C25H33N5O7S/c1-14-20-19(15(2)31)23(32)29(20)21(24(33)37-13-16-5-7-17(8-6-16)30(34)35)22(14)38-18-11-26-25(27-12-18)36-10-9-28(3)4/h5-8,14-15,18-20,31H,9-13H2,1-4H3,(H,26,27)/t14-,15-,19-,20-/m1/s1. The monoisotopic (exact) mass is 547 g/mol. The first kappa shape index (κ1) is 27.9. The van der Waals surface area contributed by atoms with E-state index in [0.29, 0.717) is 31.3 Å². The summed E-state index contributed by atoms with van der Waals surface area (Å²) >= 11 is 1.49. The number of thioether (sulfide) groups is 1. The van der Waals surface area contributed by atoms with Crippen molar-refractivity contribution in [3.63, 3.8) is 0 Å². The zero-order chi connectivity index (χ0) is 27.6. The Labute approximate surface area is 225 Å². The van der Waals surface area contributed by atoms with E-state index in [-0.39, 0.29) is 41.1 Å². The predicted molar refractivity (Wildman–Crippen MR) is 141 cm³/mol. The molecule has 0 radical (unpaired) electrons. The Morgan fingerprint density at radius 3 is 2.66 bits per heavy atom. The van der Waals surface area contributed by atoms with Gasteiger partial charge in [-0.3, -0.25) is 14.9 Å². The Kier molecular flexibility index (Phi) is 8.58. The van der Waals surface area contributed by atoms with Gasteiger partial charge >= 0.3 is 5.97 Å². The van der Waals surface area contributed by atoms with E-state index in [1.165, 1.54) is 40.9 Å². The molecule has 1 amide bonds. The van der Waals surface area contributed by atoms with Crippen LogP contribution in [0.15, 0.2) is 39.9 Å². The summed E-state index contributed by atoms with van der Waals surface area (Å²) in [5.41, 5.74) is 0.735. The van der Waals surface area contributed by atoms with Gasteiger partial charge in [0.1, 0.15) is 18.9 Å². The second-order valence-corrected chi connectivity index (χ2v) is 11.2. The van der Waals surface area contributed by atoms with Crippen LogP contribution in [0.2, 0.25) is 0 Å². The van der Waals surface area contributed by atoms with Crippen molar-refractivity contribution >= 4 is 35.3 Å². The van der Waals surface area contributed by atoms with Gasteiger partial charge in [0.25, 0.3) is 11.7 Å². The normalized spacial score (nSPS) is 25.4. The average molecular weight is 548 g/mol. The molecule has 1 unspecified atom stereocenters. The van der Waals surface area contributed by atoms with Gasteiger partial charge in [0.05, 0.1) is 29.5 Å². The lowest BCUT2D eigenvalue weighted by Gasteiger charge is -2.46. The first-order valence-electron chi connectivity index (χ1n) is 12.5. The van der Waals surface area contributed by atoms with Crippen LogP contribution >= 0.6 is 11.8 Å². The molecule has 12 nitrogen and oxygen atoms in total. The molecule has 1 aromatic rings. The Hall–Kier alpha value is -3.16. The van der Waals surface area contributed by atoms with Crippen LogP contribution in [0.25, 0.3) is 0 Å².